The van der Waals surface area contributed by atoms with Crippen LogP contribution in [-0.2, 0) is 6.54 Å². The molecule has 1 aliphatic carbocycles. The highest BCUT2D eigenvalue weighted by Gasteiger charge is 2.21. The van der Waals surface area contributed by atoms with E-state index in [-0.39, 0.29) is 12.6 Å². The Morgan fingerprint density at radius 2 is 2.22 bits per heavy atom. The summed E-state index contributed by atoms with van der Waals surface area (Å²) in [7, 11) is 0. The molecule has 6 nitrogen and oxygen atoms in total. The van der Waals surface area contributed by atoms with Gasteiger partial charge in [-0.1, -0.05) is 19.8 Å². The Hall–Kier alpha value is -1.82. The van der Waals surface area contributed by atoms with Gasteiger partial charge >= 0.3 is 0 Å². The summed E-state index contributed by atoms with van der Waals surface area (Å²) in [4.78, 5) is 8.81. The number of nitrogens with one attached hydrogen (secondary N) is 1. The molecule has 1 unspecified atom stereocenters. The van der Waals surface area contributed by atoms with Crippen molar-refractivity contribution in [2.75, 3.05) is 17.7 Å². The highest BCUT2D eigenvalue weighted by Crippen LogP contribution is 2.31. The second-order valence-electron chi connectivity index (χ2n) is 6.57. The molecule has 126 valence electrons. The van der Waals surface area contributed by atoms with E-state index in [0.29, 0.717) is 12.4 Å². The molecular formula is C17H27N5O. The van der Waals surface area contributed by atoms with Gasteiger partial charge < -0.3 is 20.7 Å². The molecule has 0 aliphatic heterocycles. The molecule has 0 bridgehead atoms. The zero-order chi connectivity index (χ0) is 16.2. The van der Waals surface area contributed by atoms with Gasteiger partial charge in [0.2, 0.25) is 5.95 Å². The third-order valence-corrected chi connectivity index (χ3v) is 4.76. The van der Waals surface area contributed by atoms with Gasteiger partial charge in [-0.25, -0.2) is 4.98 Å². The third kappa shape index (κ3) is 3.58. The molecule has 0 saturated heterocycles. The Morgan fingerprint density at radius 3 is 2.87 bits per heavy atom. The fraction of sp³-hybridized carbons (Fsp3) is 0.647. The van der Waals surface area contributed by atoms with Gasteiger partial charge in [0.05, 0.1) is 5.52 Å². The molecule has 2 heterocycles. The first-order valence-electron chi connectivity index (χ1n) is 8.71. The first-order valence-corrected chi connectivity index (χ1v) is 8.71. The Labute approximate surface area is 137 Å². The van der Waals surface area contributed by atoms with E-state index >= 15 is 0 Å². The van der Waals surface area contributed by atoms with Crippen molar-refractivity contribution >= 4 is 22.8 Å². The number of nitrogens with zero attached hydrogens (tertiary/aromatic N) is 3. The lowest BCUT2D eigenvalue weighted by atomic mass is 9.85. The molecule has 0 radical (unpaired) electrons. The largest absolute Gasteiger partial charge is 0.396 e. The van der Waals surface area contributed by atoms with E-state index in [2.05, 4.69) is 33.0 Å². The van der Waals surface area contributed by atoms with Gasteiger partial charge in [-0.05, 0) is 37.7 Å². The van der Waals surface area contributed by atoms with E-state index in [1.165, 1.54) is 19.3 Å². The lowest BCUT2D eigenvalue weighted by Gasteiger charge is -2.26. The second kappa shape index (κ2) is 7.17. The van der Waals surface area contributed by atoms with Crippen LogP contribution in [0, 0.1) is 5.92 Å². The lowest BCUT2D eigenvalue weighted by molar-refractivity contribution is 0.276. The van der Waals surface area contributed by atoms with Crippen LogP contribution >= 0.6 is 0 Å². The maximum Gasteiger partial charge on any atom is 0.222 e. The van der Waals surface area contributed by atoms with Crippen molar-refractivity contribution in [3.8, 4) is 0 Å². The van der Waals surface area contributed by atoms with E-state index in [0.717, 1.165) is 42.2 Å². The number of aromatic nitrogens is 3. The molecule has 2 aromatic heterocycles. The first kappa shape index (κ1) is 16.1. The van der Waals surface area contributed by atoms with Crippen molar-refractivity contribution in [3.05, 3.63) is 12.3 Å². The average molecular weight is 317 g/mol. The number of hydrogen-bond acceptors (Lipinski definition) is 5. The van der Waals surface area contributed by atoms with Gasteiger partial charge in [0.15, 0.2) is 5.82 Å². The van der Waals surface area contributed by atoms with Crippen LogP contribution in [-0.4, -0.2) is 32.3 Å². The molecule has 2 aromatic rings. The highest BCUT2D eigenvalue weighted by molar-refractivity contribution is 5.87. The first-order chi connectivity index (χ1) is 11.2. The minimum Gasteiger partial charge on any atom is -0.396 e. The number of rotatable bonds is 8. The molecular weight excluding hydrogens is 290 g/mol. The summed E-state index contributed by atoms with van der Waals surface area (Å²) in [6.45, 7) is 3.34. The van der Waals surface area contributed by atoms with Crippen LogP contribution in [0.1, 0.15) is 45.4 Å². The number of aliphatic hydroxyl groups is 1. The maximum atomic E-state index is 9.28. The number of nitrogens with two attached hydrogens (primary N) is 1. The summed E-state index contributed by atoms with van der Waals surface area (Å²) in [5.41, 5.74) is 7.80. The summed E-state index contributed by atoms with van der Waals surface area (Å²) < 4.78 is 2.25. The van der Waals surface area contributed by atoms with Gasteiger partial charge in [0, 0.05) is 25.4 Å². The minimum atomic E-state index is 0.171. The molecule has 1 atom stereocenters. The zero-order valence-electron chi connectivity index (χ0n) is 13.8. The predicted molar refractivity (Wildman–Crippen MR) is 93.3 cm³/mol. The van der Waals surface area contributed by atoms with Crippen molar-refractivity contribution in [3.63, 3.8) is 0 Å². The molecule has 0 aromatic carbocycles. The van der Waals surface area contributed by atoms with Gasteiger partial charge in [-0.2, -0.15) is 4.98 Å². The summed E-state index contributed by atoms with van der Waals surface area (Å²) in [6, 6.07) is 2.22. The quantitative estimate of drug-likeness (QED) is 0.696. The summed E-state index contributed by atoms with van der Waals surface area (Å²) in [6.07, 6.45) is 8.81. The van der Waals surface area contributed by atoms with E-state index < -0.39 is 0 Å². The van der Waals surface area contributed by atoms with Crippen molar-refractivity contribution in [1.29, 1.82) is 0 Å². The molecule has 23 heavy (non-hydrogen) atoms. The van der Waals surface area contributed by atoms with Crippen LogP contribution < -0.4 is 11.1 Å². The third-order valence-electron chi connectivity index (χ3n) is 4.76. The maximum absolute atomic E-state index is 9.28. The minimum absolute atomic E-state index is 0.171. The van der Waals surface area contributed by atoms with Gasteiger partial charge in [-0.3, -0.25) is 0 Å². The van der Waals surface area contributed by atoms with Gasteiger partial charge in [0.25, 0.3) is 0 Å². The SMILES string of the molecule is CCCC(CCO)Nc1nc(N)nc2ccn(CC3CCC3)c12. The Balaban J connectivity index is 1.91. The smallest absolute Gasteiger partial charge is 0.222 e. The van der Waals surface area contributed by atoms with E-state index in [1.54, 1.807) is 0 Å². The standard InChI is InChI=1S/C17H27N5O/c1-2-4-13(8-10-23)19-16-15-14(20-17(18)21-16)7-9-22(15)11-12-5-3-6-12/h7,9,12-13,23H,2-6,8,10-11H2,1H3,(H3,18,19,20,21). The fourth-order valence-electron chi connectivity index (χ4n) is 3.32. The number of hydrogen-bond donors (Lipinski definition) is 3. The number of anilines is 2. The number of fused-ring (bicyclic) bond motifs is 1. The molecule has 3 rings (SSSR count). The highest BCUT2D eigenvalue weighted by atomic mass is 16.3. The molecule has 1 aliphatic rings. The summed E-state index contributed by atoms with van der Waals surface area (Å²) >= 11 is 0. The van der Waals surface area contributed by atoms with Crippen LogP contribution in [0.4, 0.5) is 11.8 Å². The monoisotopic (exact) mass is 317 g/mol. The van der Waals surface area contributed by atoms with Crippen LogP contribution in [0.25, 0.3) is 11.0 Å². The van der Waals surface area contributed by atoms with Crippen LogP contribution in [0.2, 0.25) is 0 Å². The van der Waals surface area contributed by atoms with Crippen LogP contribution in [0.15, 0.2) is 12.3 Å². The Kier molecular flexibility index (Phi) is 5.00. The molecule has 4 N–H and O–H groups in total. The zero-order valence-corrected chi connectivity index (χ0v) is 13.8. The van der Waals surface area contributed by atoms with Crippen molar-refractivity contribution in [2.24, 2.45) is 5.92 Å². The summed E-state index contributed by atoms with van der Waals surface area (Å²) in [5, 5.41) is 12.8. The van der Waals surface area contributed by atoms with E-state index in [1.807, 2.05) is 6.07 Å². The number of aliphatic hydroxyl groups excluding tert-OH is 1. The Morgan fingerprint density at radius 1 is 1.39 bits per heavy atom. The molecule has 1 saturated carbocycles. The van der Waals surface area contributed by atoms with Crippen molar-refractivity contribution in [1.82, 2.24) is 14.5 Å². The van der Waals surface area contributed by atoms with Gasteiger partial charge in [0.1, 0.15) is 5.52 Å². The molecule has 0 spiro atoms. The topological polar surface area (TPSA) is 89.0 Å². The lowest BCUT2D eigenvalue weighted by Crippen LogP contribution is -2.23. The fourth-order valence-corrected chi connectivity index (χ4v) is 3.32. The average Bonchev–Trinajstić information content (AvgIpc) is 2.86. The normalized spacial score (nSPS) is 16.4. The molecule has 1 fully saturated rings. The Bertz CT molecular complexity index is 644. The molecule has 6 heteroatoms. The number of nitrogen functional groups attached to an aromatic ring is 1. The van der Waals surface area contributed by atoms with E-state index in [9.17, 15) is 5.11 Å². The van der Waals surface area contributed by atoms with Crippen LogP contribution in [0.3, 0.4) is 0 Å². The summed E-state index contributed by atoms with van der Waals surface area (Å²) in [5.74, 6) is 1.85. The van der Waals surface area contributed by atoms with E-state index in [4.69, 9.17) is 5.73 Å². The van der Waals surface area contributed by atoms with Gasteiger partial charge in [-0.15, -0.1) is 0 Å². The van der Waals surface area contributed by atoms with Crippen molar-refractivity contribution < 1.29 is 5.11 Å². The second-order valence-corrected chi connectivity index (χ2v) is 6.57. The predicted octanol–water partition coefficient (Wildman–Crippen LogP) is 2.78. The van der Waals surface area contributed by atoms with Crippen molar-refractivity contribution in [2.45, 2.75) is 58.0 Å². The molecule has 0 amide bonds. The van der Waals surface area contributed by atoms with Crippen LogP contribution in [0.5, 0.6) is 0 Å².